The van der Waals surface area contributed by atoms with E-state index in [9.17, 15) is 0 Å². The summed E-state index contributed by atoms with van der Waals surface area (Å²) < 4.78 is 5.31. The Balaban J connectivity index is 0.000000561. The van der Waals surface area contributed by atoms with E-state index >= 15 is 0 Å². The molecule has 0 fully saturated rings. The molecule has 70 valence electrons. The molecule has 0 saturated carbocycles. The zero-order valence-electron chi connectivity index (χ0n) is 8.55. The van der Waals surface area contributed by atoms with E-state index in [0.29, 0.717) is 0 Å². The van der Waals surface area contributed by atoms with Crippen molar-refractivity contribution in [2.45, 2.75) is 40.5 Å². The molecule has 0 spiro atoms. The van der Waals surface area contributed by atoms with E-state index in [1.807, 2.05) is 33.9 Å². The second-order valence-electron chi connectivity index (χ2n) is 2.34. The van der Waals surface area contributed by atoms with Crippen LogP contribution in [0.2, 0.25) is 0 Å². The van der Waals surface area contributed by atoms with Gasteiger partial charge in [0.05, 0.1) is 12.3 Å². The standard InChI is InChI=1S/C8H13NO.C2H6/c1-3-9-8-5-4-6-10-7(8)2;1-2/h3H,4-6H2,1-2H3;1-2H3. The molecular formula is C10H19NO. The summed E-state index contributed by atoms with van der Waals surface area (Å²) in [7, 11) is 0. The van der Waals surface area contributed by atoms with Crippen molar-refractivity contribution in [1.82, 2.24) is 0 Å². The van der Waals surface area contributed by atoms with Crippen molar-refractivity contribution in [3.05, 3.63) is 11.5 Å². The first-order valence-electron chi connectivity index (χ1n) is 4.66. The molecule has 0 atom stereocenters. The van der Waals surface area contributed by atoms with Crippen LogP contribution in [0.4, 0.5) is 0 Å². The van der Waals surface area contributed by atoms with Crippen molar-refractivity contribution in [1.29, 1.82) is 0 Å². The molecule has 1 aliphatic heterocycles. The molecule has 0 N–H and O–H groups in total. The summed E-state index contributed by atoms with van der Waals surface area (Å²) >= 11 is 0. The Kier molecular flexibility index (Phi) is 6.44. The number of aliphatic imine (C=N–C) groups is 1. The predicted molar refractivity (Wildman–Crippen MR) is 53.4 cm³/mol. The summed E-state index contributed by atoms with van der Waals surface area (Å²) in [5, 5.41) is 0. The van der Waals surface area contributed by atoms with Crippen molar-refractivity contribution in [3.8, 4) is 0 Å². The van der Waals surface area contributed by atoms with Crippen molar-refractivity contribution in [2.24, 2.45) is 4.99 Å². The van der Waals surface area contributed by atoms with Crippen LogP contribution in [0.1, 0.15) is 40.5 Å². The summed E-state index contributed by atoms with van der Waals surface area (Å²) in [6.07, 6.45) is 3.98. The smallest absolute Gasteiger partial charge is 0.114 e. The molecule has 0 amide bonds. The summed E-state index contributed by atoms with van der Waals surface area (Å²) in [5.41, 5.74) is 1.11. The van der Waals surface area contributed by atoms with E-state index in [4.69, 9.17) is 4.74 Å². The molecule has 0 aliphatic carbocycles. The highest BCUT2D eigenvalue weighted by atomic mass is 16.5. The van der Waals surface area contributed by atoms with E-state index in [-0.39, 0.29) is 0 Å². The van der Waals surface area contributed by atoms with Crippen LogP contribution in [-0.2, 0) is 4.74 Å². The fourth-order valence-electron chi connectivity index (χ4n) is 1.04. The van der Waals surface area contributed by atoms with Gasteiger partial charge in [0.1, 0.15) is 5.76 Å². The van der Waals surface area contributed by atoms with E-state index in [1.54, 1.807) is 0 Å². The zero-order chi connectivity index (χ0) is 9.40. The summed E-state index contributed by atoms with van der Waals surface area (Å²) in [4.78, 5) is 4.19. The average molecular weight is 169 g/mol. The Morgan fingerprint density at radius 2 is 2.08 bits per heavy atom. The van der Waals surface area contributed by atoms with Gasteiger partial charge in [-0.3, -0.25) is 4.99 Å². The second-order valence-corrected chi connectivity index (χ2v) is 2.34. The van der Waals surface area contributed by atoms with Crippen LogP contribution in [0, 0.1) is 0 Å². The minimum absolute atomic E-state index is 0.856. The van der Waals surface area contributed by atoms with E-state index in [0.717, 1.165) is 30.9 Å². The Morgan fingerprint density at radius 1 is 1.42 bits per heavy atom. The van der Waals surface area contributed by atoms with Gasteiger partial charge in [-0.05, 0) is 26.7 Å². The largest absolute Gasteiger partial charge is 0.496 e. The lowest BCUT2D eigenvalue weighted by Gasteiger charge is -2.14. The molecule has 0 aromatic carbocycles. The van der Waals surface area contributed by atoms with Crippen LogP contribution in [0.25, 0.3) is 0 Å². The van der Waals surface area contributed by atoms with Crippen LogP contribution in [-0.4, -0.2) is 12.8 Å². The van der Waals surface area contributed by atoms with Crippen LogP contribution in [0.15, 0.2) is 16.4 Å². The Hall–Kier alpha value is -0.790. The van der Waals surface area contributed by atoms with Gasteiger partial charge in [0.15, 0.2) is 0 Å². The van der Waals surface area contributed by atoms with E-state index < -0.39 is 0 Å². The third kappa shape index (κ3) is 3.56. The van der Waals surface area contributed by atoms with Crippen molar-refractivity contribution in [3.63, 3.8) is 0 Å². The molecule has 1 rings (SSSR count). The lowest BCUT2D eigenvalue weighted by atomic mass is 10.2. The molecule has 0 saturated heterocycles. The highest BCUT2D eigenvalue weighted by molar-refractivity contribution is 5.55. The van der Waals surface area contributed by atoms with E-state index in [1.165, 1.54) is 0 Å². The van der Waals surface area contributed by atoms with Gasteiger partial charge in [-0.2, -0.15) is 0 Å². The first-order valence-corrected chi connectivity index (χ1v) is 4.66. The first kappa shape index (κ1) is 11.2. The molecule has 12 heavy (non-hydrogen) atoms. The lowest BCUT2D eigenvalue weighted by Crippen LogP contribution is -2.02. The van der Waals surface area contributed by atoms with Gasteiger partial charge < -0.3 is 4.74 Å². The lowest BCUT2D eigenvalue weighted by molar-refractivity contribution is 0.189. The van der Waals surface area contributed by atoms with Gasteiger partial charge in [0, 0.05) is 6.21 Å². The third-order valence-electron chi connectivity index (χ3n) is 1.57. The van der Waals surface area contributed by atoms with Gasteiger partial charge in [-0.15, -0.1) is 0 Å². The SMILES string of the molecule is CC.CC=NC1=C(C)OCCC1. The molecular weight excluding hydrogens is 150 g/mol. The van der Waals surface area contributed by atoms with Crippen molar-refractivity contribution in [2.75, 3.05) is 6.61 Å². The number of hydrogen-bond donors (Lipinski definition) is 0. The summed E-state index contributed by atoms with van der Waals surface area (Å²) in [5.74, 6) is 0.990. The van der Waals surface area contributed by atoms with Crippen LogP contribution in [0.5, 0.6) is 0 Å². The normalized spacial score (nSPS) is 17.0. The van der Waals surface area contributed by atoms with Gasteiger partial charge >= 0.3 is 0 Å². The number of rotatable bonds is 1. The minimum atomic E-state index is 0.856. The quantitative estimate of drug-likeness (QED) is 0.552. The highest BCUT2D eigenvalue weighted by Crippen LogP contribution is 2.18. The van der Waals surface area contributed by atoms with Gasteiger partial charge in [0.25, 0.3) is 0 Å². The monoisotopic (exact) mass is 169 g/mol. The van der Waals surface area contributed by atoms with Crippen molar-refractivity contribution >= 4 is 6.21 Å². The Morgan fingerprint density at radius 3 is 2.58 bits per heavy atom. The molecule has 2 nitrogen and oxygen atoms in total. The summed E-state index contributed by atoms with van der Waals surface area (Å²) in [6.45, 7) is 8.75. The molecule has 1 aliphatic rings. The number of nitrogens with zero attached hydrogens (tertiary/aromatic N) is 1. The van der Waals surface area contributed by atoms with E-state index in [2.05, 4.69) is 4.99 Å². The maximum absolute atomic E-state index is 5.31. The first-order chi connectivity index (χ1) is 5.84. The third-order valence-corrected chi connectivity index (χ3v) is 1.57. The van der Waals surface area contributed by atoms with Crippen LogP contribution >= 0.6 is 0 Å². The number of ether oxygens (including phenoxy) is 1. The molecule has 0 aromatic rings. The number of hydrogen-bond acceptors (Lipinski definition) is 2. The van der Waals surface area contributed by atoms with Crippen molar-refractivity contribution < 1.29 is 4.74 Å². The topological polar surface area (TPSA) is 21.6 Å². The average Bonchev–Trinajstić information content (AvgIpc) is 2.13. The van der Waals surface area contributed by atoms with Gasteiger partial charge in [-0.25, -0.2) is 0 Å². The van der Waals surface area contributed by atoms with Gasteiger partial charge in [0.2, 0.25) is 0 Å². The maximum Gasteiger partial charge on any atom is 0.114 e. The molecule has 1 heterocycles. The fraction of sp³-hybridized carbons (Fsp3) is 0.700. The molecule has 0 bridgehead atoms. The zero-order valence-corrected chi connectivity index (χ0v) is 8.55. The summed E-state index contributed by atoms with van der Waals surface area (Å²) in [6, 6.07) is 0. The van der Waals surface area contributed by atoms with Crippen LogP contribution in [0.3, 0.4) is 0 Å². The molecule has 2 heteroatoms. The fourth-order valence-corrected chi connectivity index (χ4v) is 1.04. The van der Waals surface area contributed by atoms with Gasteiger partial charge in [-0.1, -0.05) is 13.8 Å². The maximum atomic E-state index is 5.31. The van der Waals surface area contributed by atoms with Crippen LogP contribution < -0.4 is 0 Å². The predicted octanol–water partition coefficient (Wildman–Crippen LogP) is 3.15. The highest BCUT2D eigenvalue weighted by Gasteiger charge is 2.07. The molecule has 0 aromatic heterocycles. The molecule has 0 radical (unpaired) electrons. The minimum Gasteiger partial charge on any atom is -0.496 e. The Labute approximate surface area is 75.3 Å². The molecule has 0 unspecified atom stereocenters. The number of allylic oxidation sites excluding steroid dienone is 2. The Bertz CT molecular complexity index is 171. The second kappa shape index (κ2) is 6.89.